The molecule has 0 aromatic carbocycles. The summed E-state index contributed by atoms with van der Waals surface area (Å²) < 4.78 is 0. The van der Waals surface area contributed by atoms with Crippen molar-refractivity contribution in [2.75, 3.05) is 7.05 Å². The second kappa shape index (κ2) is 5.89. The molecule has 0 aliphatic heterocycles. The van der Waals surface area contributed by atoms with Crippen LogP contribution in [0.15, 0.2) is 29.8 Å². The molecule has 4 heteroatoms. The third-order valence-electron chi connectivity index (χ3n) is 2.71. The third-order valence-corrected chi connectivity index (χ3v) is 3.53. The Morgan fingerprint density at radius 2 is 2.12 bits per heavy atom. The van der Waals surface area contributed by atoms with E-state index in [1.165, 1.54) is 5.69 Å². The minimum atomic E-state index is 0.395. The monoisotopic (exact) mass is 247 g/mol. The number of aromatic nitrogens is 2. The van der Waals surface area contributed by atoms with Crippen LogP contribution in [0.4, 0.5) is 0 Å². The highest BCUT2D eigenvalue weighted by atomic mass is 32.1. The highest BCUT2D eigenvalue weighted by Crippen LogP contribution is 2.11. The smallest absolute Gasteiger partial charge is 0.0897 e. The van der Waals surface area contributed by atoms with Crippen molar-refractivity contribution < 1.29 is 0 Å². The van der Waals surface area contributed by atoms with Gasteiger partial charge in [-0.3, -0.25) is 4.98 Å². The Kier molecular flexibility index (Phi) is 4.23. The van der Waals surface area contributed by atoms with Crippen LogP contribution in [0.1, 0.15) is 16.4 Å². The van der Waals surface area contributed by atoms with E-state index in [0.717, 1.165) is 23.5 Å². The fourth-order valence-electron chi connectivity index (χ4n) is 1.80. The van der Waals surface area contributed by atoms with Crippen molar-refractivity contribution in [3.8, 4) is 0 Å². The van der Waals surface area contributed by atoms with Gasteiger partial charge in [-0.05, 0) is 26.1 Å². The predicted octanol–water partition coefficient (Wildman–Crippen LogP) is 2.22. The number of rotatable bonds is 5. The lowest BCUT2D eigenvalue weighted by Gasteiger charge is -2.14. The molecule has 17 heavy (non-hydrogen) atoms. The maximum Gasteiger partial charge on any atom is 0.0897 e. The van der Waals surface area contributed by atoms with E-state index in [1.807, 2.05) is 32.3 Å². The number of pyridine rings is 1. The van der Waals surface area contributed by atoms with Crippen LogP contribution in [-0.4, -0.2) is 23.1 Å². The van der Waals surface area contributed by atoms with Crippen LogP contribution in [0, 0.1) is 6.92 Å². The van der Waals surface area contributed by atoms with Gasteiger partial charge in [0.05, 0.1) is 10.7 Å². The number of likely N-dealkylation sites (N-methyl/N-ethyl adjacent to an activating group) is 1. The van der Waals surface area contributed by atoms with E-state index in [1.54, 1.807) is 11.3 Å². The van der Waals surface area contributed by atoms with Gasteiger partial charge in [0, 0.05) is 36.2 Å². The summed E-state index contributed by atoms with van der Waals surface area (Å²) >= 11 is 1.71. The largest absolute Gasteiger partial charge is 0.316 e. The maximum atomic E-state index is 4.50. The Hall–Kier alpha value is -1.26. The highest BCUT2D eigenvalue weighted by molar-refractivity contribution is 7.09. The van der Waals surface area contributed by atoms with Crippen molar-refractivity contribution in [2.45, 2.75) is 25.8 Å². The molecule has 0 saturated heterocycles. The number of hydrogen-bond donors (Lipinski definition) is 1. The van der Waals surface area contributed by atoms with E-state index in [9.17, 15) is 0 Å². The molecular weight excluding hydrogens is 230 g/mol. The minimum absolute atomic E-state index is 0.395. The first-order valence-electron chi connectivity index (χ1n) is 5.76. The summed E-state index contributed by atoms with van der Waals surface area (Å²) in [6, 6.07) is 6.44. The number of nitrogens with zero attached hydrogens (tertiary/aromatic N) is 2. The minimum Gasteiger partial charge on any atom is -0.316 e. The lowest BCUT2D eigenvalue weighted by Crippen LogP contribution is -2.30. The number of aryl methyl sites for hydroxylation is 1. The summed E-state index contributed by atoms with van der Waals surface area (Å²) in [5.74, 6) is 0. The quantitative estimate of drug-likeness (QED) is 0.880. The van der Waals surface area contributed by atoms with E-state index in [2.05, 4.69) is 26.7 Å². The summed E-state index contributed by atoms with van der Waals surface area (Å²) in [7, 11) is 1.99. The lowest BCUT2D eigenvalue weighted by molar-refractivity contribution is 0.545. The van der Waals surface area contributed by atoms with Gasteiger partial charge in [-0.25, -0.2) is 4.98 Å². The first-order valence-corrected chi connectivity index (χ1v) is 6.64. The summed E-state index contributed by atoms with van der Waals surface area (Å²) in [4.78, 5) is 8.85. The van der Waals surface area contributed by atoms with Gasteiger partial charge in [-0.15, -0.1) is 11.3 Å². The Balaban J connectivity index is 1.98. The fourth-order valence-corrected chi connectivity index (χ4v) is 2.43. The van der Waals surface area contributed by atoms with Gasteiger partial charge >= 0.3 is 0 Å². The molecule has 0 fully saturated rings. The molecule has 1 unspecified atom stereocenters. The zero-order chi connectivity index (χ0) is 12.1. The zero-order valence-electron chi connectivity index (χ0n) is 10.2. The van der Waals surface area contributed by atoms with Gasteiger partial charge in [-0.1, -0.05) is 6.07 Å². The van der Waals surface area contributed by atoms with Gasteiger partial charge in [0.2, 0.25) is 0 Å². The molecule has 0 aliphatic rings. The molecule has 0 amide bonds. The van der Waals surface area contributed by atoms with Crippen molar-refractivity contribution in [2.24, 2.45) is 0 Å². The molecule has 2 heterocycles. The van der Waals surface area contributed by atoms with Crippen molar-refractivity contribution in [3.05, 3.63) is 46.2 Å². The summed E-state index contributed by atoms with van der Waals surface area (Å²) in [5, 5.41) is 6.60. The van der Waals surface area contributed by atoms with Crippen LogP contribution in [-0.2, 0) is 12.8 Å². The predicted molar refractivity (Wildman–Crippen MR) is 71.3 cm³/mol. The summed E-state index contributed by atoms with van der Waals surface area (Å²) in [6.07, 6.45) is 3.74. The Bertz CT molecular complexity index is 453. The first-order chi connectivity index (χ1) is 8.28. The van der Waals surface area contributed by atoms with Crippen LogP contribution in [0.5, 0.6) is 0 Å². The van der Waals surface area contributed by atoms with E-state index in [4.69, 9.17) is 0 Å². The molecule has 90 valence electrons. The molecule has 1 atom stereocenters. The topological polar surface area (TPSA) is 37.8 Å². The van der Waals surface area contributed by atoms with Crippen molar-refractivity contribution >= 4 is 11.3 Å². The first kappa shape index (κ1) is 12.2. The molecule has 2 rings (SSSR count). The normalized spacial score (nSPS) is 12.6. The average Bonchev–Trinajstić information content (AvgIpc) is 2.75. The average molecular weight is 247 g/mol. The number of nitrogens with one attached hydrogen (secondary N) is 1. The van der Waals surface area contributed by atoms with Crippen LogP contribution < -0.4 is 5.32 Å². The highest BCUT2D eigenvalue weighted by Gasteiger charge is 2.10. The zero-order valence-corrected chi connectivity index (χ0v) is 11.0. The van der Waals surface area contributed by atoms with Crippen LogP contribution >= 0.6 is 11.3 Å². The molecule has 0 bridgehead atoms. The molecule has 0 spiro atoms. The Morgan fingerprint density at radius 1 is 1.29 bits per heavy atom. The van der Waals surface area contributed by atoms with Crippen LogP contribution in [0.2, 0.25) is 0 Å². The summed E-state index contributed by atoms with van der Waals surface area (Å²) in [6.45, 7) is 2.04. The fraction of sp³-hybridized carbons (Fsp3) is 0.385. The molecular formula is C13H17N3S. The second-order valence-corrected chi connectivity index (χ2v) is 5.14. The Morgan fingerprint density at radius 3 is 2.71 bits per heavy atom. The van der Waals surface area contributed by atoms with Gasteiger partial charge in [0.25, 0.3) is 0 Å². The van der Waals surface area contributed by atoms with Crippen molar-refractivity contribution in [1.82, 2.24) is 15.3 Å². The van der Waals surface area contributed by atoms with E-state index < -0.39 is 0 Å². The molecule has 2 aromatic rings. The second-order valence-electron chi connectivity index (χ2n) is 4.07. The number of thiazole rings is 1. The maximum absolute atomic E-state index is 4.50. The molecule has 1 N–H and O–H groups in total. The van der Waals surface area contributed by atoms with Gasteiger partial charge in [0.1, 0.15) is 0 Å². The van der Waals surface area contributed by atoms with Crippen LogP contribution in [0.3, 0.4) is 0 Å². The van der Waals surface area contributed by atoms with Crippen molar-refractivity contribution in [3.63, 3.8) is 0 Å². The third kappa shape index (κ3) is 3.61. The lowest BCUT2D eigenvalue weighted by atomic mass is 10.1. The Labute approximate surface area is 106 Å². The standard InChI is InChI=1S/C13H17N3S/c1-10-16-13(9-17-10)8-12(14-2)7-11-5-3-4-6-15-11/h3-6,9,12,14H,7-8H2,1-2H3. The summed E-state index contributed by atoms with van der Waals surface area (Å²) in [5.41, 5.74) is 2.29. The van der Waals surface area contributed by atoms with Gasteiger partial charge in [0.15, 0.2) is 0 Å². The van der Waals surface area contributed by atoms with Crippen LogP contribution in [0.25, 0.3) is 0 Å². The molecule has 3 nitrogen and oxygen atoms in total. The van der Waals surface area contributed by atoms with Crippen molar-refractivity contribution in [1.29, 1.82) is 0 Å². The van der Waals surface area contributed by atoms with E-state index in [-0.39, 0.29) is 0 Å². The molecule has 0 radical (unpaired) electrons. The number of hydrogen-bond acceptors (Lipinski definition) is 4. The molecule has 0 saturated carbocycles. The molecule has 0 aliphatic carbocycles. The van der Waals surface area contributed by atoms with E-state index in [0.29, 0.717) is 6.04 Å². The SMILES string of the molecule is CNC(Cc1ccccn1)Cc1csc(C)n1. The van der Waals surface area contributed by atoms with E-state index >= 15 is 0 Å². The van der Waals surface area contributed by atoms with Gasteiger partial charge in [-0.2, -0.15) is 0 Å². The van der Waals surface area contributed by atoms with Gasteiger partial charge < -0.3 is 5.32 Å². The molecule has 2 aromatic heterocycles.